The quantitative estimate of drug-likeness (QED) is 0.848. The molecule has 1 aliphatic heterocycles. The van der Waals surface area contributed by atoms with Gasteiger partial charge in [0.2, 0.25) is 0 Å². The highest BCUT2D eigenvalue weighted by Crippen LogP contribution is 2.15. The number of hydrogen-bond acceptors (Lipinski definition) is 3. The second-order valence-electron chi connectivity index (χ2n) is 4.88. The Morgan fingerprint density at radius 2 is 1.80 bits per heavy atom. The van der Waals surface area contributed by atoms with Gasteiger partial charge in [-0.15, -0.1) is 5.10 Å². The first-order valence-electron chi connectivity index (χ1n) is 6.71. The van der Waals surface area contributed by atoms with Crippen LogP contribution in [0, 0.1) is 0 Å². The average molecular weight is 335 g/mol. The zero-order valence-electron chi connectivity index (χ0n) is 11.0. The van der Waals surface area contributed by atoms with Gasteiger partial charge in [0, 0.05) is 17.6 Å². The van der Waals surface area contributed by atoms with Crippen LogP contribution in [0.2, 0.25) is 0 Å². The summed E-state index contributed by atoms with van der Waals surface area (Å²) in [6.07, 6.45) is 5.05. The van der Waals surface area contributed by atoms with Gasteiger partial charge in [-0.1, -0.05) is 21.1 Å². The molecule has 0 bridgehead atoms. The number of aromatic nitrogens is 3. The van der Waals surface area contributed by atoms with Crippen molar-refractivity contribution in [3.05, 3.63) is 40.6 Å². The number of piperidine rings is 1. The van der Waals surface area contributed by atoms with Crippen LogP contribution < -0.4 is 0 Å². The lowest BCUT2D eigenvalue weighted by molar-refractivity contribution is 0.0718. The fourth-order valence-corrected chi connectivity index (χ4v) is 2.61. The largest absolute Gasteiger partial charge is 0.337 e. The maximum absolute atomic E-state index is 12.3. The number of rotatable bonds is 2. The van der Waals surface area contributed by atoms with Crippen LogP contribution in [-0.4, -0.2) is 38.9 Å². The number of carbonyl (C=O) groups is 1. The molecular weight excluding hydrogens is 320 g/mol. The Labute approximate surface area is 125 Å². The Morgan fingerprint density at radius 3 is 2.50 bits per heavy atom. The van der Waals surface area contributed by atoms with Crippen molar-refractivity contribution in [3.8, 4) is 5.69 Å². The number of carbonyl (C=O) groups excluding carboxylic acids is 1. The van der Waals surface area contributed by atoms with Crippen molar-refractivity contribution >= 4 is 21.8 Å². The van der Waals surface area contributed by atoms with Crippen LogP contribution >= 0.6 is 15.9 Å². The van der Waals surface area contributed by atoms with E-state index in [9.17, 15) is 4.79 Å². The molecule has 1 saturated heterocycles. The zero-order valence-corrected chi connectivity index (χ0v) is 12.6. The molecule has 1 aliphatic rings. The van der Waals surface area contributed by atoms with Crippen LogP contribution in [0.4, 0.5) is 0 Å². The van der Waals surface area contributed by atoms with Crippen LogP contribution in [0.25, 0.3) is 5.69 Å². The standard InChI is InChI=1S/C14H15BrN4O/c15-11-4-6-12(7-5-11)19-10-13(16-17-19)14(20)18-8-2-1-3-9-18/h4-7,10H,1-3,8-9H2. The van der Waals surface area contributed by atoms with Crippen LogP contribution in [0.5, 0.6) is 0 Å². The van der Waals surface area contributed by atoms with Gasteiger partial charge in [0.1, 0.15) is 0 Å². The minimum atomic E-state index is -0.0203. The lowest BCUT2D eigenvalue weighted by Gasteiger charge is -2.25. The molecule has 2 heterocycles. The lowest BCUT2D eigenvalue weighted by Crippen LogP contribution is -2.35. The van der Waals surface area contributed by atoms with E-state index in [2.05, 4.69) is 26.2 Å². The summed E-state index contributed by atoms with van der Waals surface area (Å²) in [5.74, 6) is -0.0203. The molecule has 104 valence electrons. The molecule has 0 unspecified atom stereocenters. The van der Waals surface area contributed by atoms with E-state index < -0.39 is 0 Å². The van der Waals surface area contributed by atoms with Gasteiger partial charge in [0.15, 0.2) is 5.69 Å². The minimum Gasteiger partial charge on any atom is -0.337 e. The fraction of sp³-hybridized carbons (Fsp3) is 0.357. The van der Waals surface area contributed by atoms with Crippen molar-refractivity contribution in [2.75, 3.05) is 13.1 Å². The Bertz CT molecular complexity index is 602. The number of nitrogens with zero attached hydrogens (tertiary/aromatic N) is 4. The molecule has 1 aromatic heterocycles. The fourth-order valence-electron chi connectivity index (χ4n) is 2.34. The molecule has 20 heavy (non-hydrogen) atoms. The predicted molar refractivity (Wildman–Crippen MR) is 78.8 cm³/mol. The molecule has 1 amide bonds. The van der Waals surface area contributed by atoms with Crippen molar-refractivity contribution in [1.82, 2.24) is 19.9 Å². The van der Waals surface area contributed by atoms with Gasteiger partial charge >= 0.3 is 0 Å². The summed E-state index contributed by atoms with van der Waals surface area (Å²) in [4.78, 5) is 14.2. The van der Waals surface area contributed by atoms with Gasteiger partial charge in [-0.25, -0.2) is 4.68 Å². The monoisotopic (exact) mass is 334 g/mol. The van der Waals surface area contributed by atoms with Crippen LogP contribution in [0.3, 0.4) is 0 Å². The summed E-state index contributed by atoms with van der Waals surface area (Å²) in [6, 6.07) is 7.72. The van der Waals surface area contributed by atoms with Crippen molar-refractivity contribution in [2.45, 2.75) is 19.3 Å². The first kappa shape index (κ1) is 13.3. The van der Waals surface area contributed by atoms with Gasteiger partial charge < -0.3 is 4.90 Å². The molecule has 6 heteroatoms. The molecule has 1 aromatic carbocycles. The second-order valence-corrected chi connectivity index (χ2v) is 5.79. The van der Waals surface area contributed by atoms with Crippen molar-refractivity contribution in [1.29, 1.82) is 0 Å². The molecule has 3 rings (SSSR count). The van der Waals surface area contributed by atoms with Gasteiger partial charge in [-0.3, -0.25) is 4.79 Å². The SMILES string of the molecule is O=C(c1cn(-c2ccc(Br)cc2)nn1)N1CCCCC1. The molecule has 1 fully saturated rings. The number of benzene rings is 1. The highest BCUT2D eigenvalue weighted by atomic mass is 79.9. The summed E-state index contributed by atoms with van der Waals surface area (Å²) in [5, 5.41) is 8.04. The molecule has 5 nitrogen and oxygen atoms in total. The average Bonchev–Trinajstić information content (AvgIpc) is 2.98. The third-order valence-corrected chi connectivity index (χ3v) is 3.98. The van der Waals surface area contributed by atoms with Gasteiger partial charge in [0.05, 0.1) is 11.9 Å². The maximum atomic E-state index is 12.3. The zero-order chi connectivity index (χ0) is 13.9. The number of halogens is 1. The third kappa shape index (κ3) is 2.75. The Balaban J connectivity index is 1.79. The first-order valence-corrected chi connectivity index (χ1v) is 7.51. The molecule has 0 aliphatic carbocycles. The summed E-state index contributed by atoms with van der Waals surface area (Å²) in [6.45, 7) is 1.65. The molecule has 2 aromatic rings. The molecule has 0 radical (unpaired) electrons. The maximum Gasteiger partial charge on any atom is 0.276 e. The lowest BCUT2D eigenvalue weighted by atomic mass is 10.1. The highest BCUT2D eigenvalue weighted by molar-refractivity contribution is 9.10. The molecule has 0 saturated carbocycles. The van der Waals surface area contributed by atoms with E-state index in [0.29, 0.717) is 5.69 Å². The van der Waals surface area contributed by atoms with E-state index in [1.807, 2.05) is 29.2 Å². The van der Waals surface area contributed by atoms with E-state index in [4.69, 9.17) is 0 Å². The summed E-state index contributed by atoms with van der Waals surface area (Å²) in [7, 11) is 0. The highest BCUT2D eigenvalue weighted by Gasteiger charge is 2.20. The minimum absolute atomic E-state index is 0.0203. The number of likely N-dealkylation sites (tertiary alicyclic amines) is 1. The van der Waals surface area contributed by atoms with Gasteiger partial charge in [0.25, 0.3) is 5.91 Å². The Kier molecular flexibility index (Phi) is 3.82. The summed E-state index contributed by atoms with van der Waals surface area (Å²) < 4.78 is 2.63. The Hall–Kier alpha value is -1.69. The number of hydrogen-bond donors (Lipinski definition) is 0. The van der Waals surface area contributed by atoms with Gasteiger partial charge in [-0.2, -0.15) is 0 Å². The normalized spacial score (nSPS) is 15.3. The predicted octanol–water partition coefficient (Wildman–Crippen LogP) is 2.66. The van der Waals surface area contributed by atoms with E-state index in [-0.39, 0.29) is 5.91 Å². The topological polar surface area (TPSA) is 51.0 Å². The van der Waals surface area contributed by atoms with E-state index in [1.165, 1.54) is 6.42 Å². The molecular formula is C14H15BrN4O. The molecule has 0 atom stereocenters. The van der Waals surface area contributed by atoms with Crippen molar-refractivity contribution in [3.63, 3.8) is 0 Å². The van der Waals surface area contributed by atoms with Gasteiger partial charge in [-0.05, 0) is 43.5 Å². The molecule has 0 N–H and O–H groups in total. The summed E-state index contributed by atoms with van der Waals surface area (Å²) in [5.41, 5.74) is 1.30. The summed E-state index contributed by atoms with van der Waals surface area (Å²) >= 11 is 3.39. The van der Waals surface area contributed by atoms with Crippen molar-refractivity contribution in [2.24, 2.45) is 0 Å². The smallest absolute Gasteiger partial charge is 0.276 e. The Morgan fingerprint density at radius 1 is 1.10 bits per heavy atom. The first-order chi connectivity index (χ1) is 9.74. The molecule has 0 spiro atoms. The van der Waals surface area contributed by atoms with E-state index in [1.54, 1.807) is 10.9 Å². The third-order valence-electron chi connectivity index (χ3n) is 3.45. The van der Waals surface area contributed by atoms with Crippen LogP contribution in [0.15, 0.2) is 34.9 Å². The van der Waals surface area contributed by atoms with E-state index >= 15 is 0 Å². The second kappa shape index (κ2) is 5.75. The van der Waals surface area contributed by atoms with Crippen molar-refractivity contribution < 1.29 is 4.79 Å². The van der Waals surface area contributed by atoms with Crippen LogP contribution in [-0.2, 0) is 0 Å². The number of amides is 1. The van der Waals surface area contributed by atoms with Crippen LogP contribution in [0.1, 0.15) is 29.8 Å². The van der Waals surface area contributed by atoms with E-state index in [0.717, 1.165) is 36.1 Å².